The summed E-state index contributed by atoms with van der Waals surface area (Å²) in [4.78, 5) is 23.3. The second-order valence-corrected chi connectivity index (χ2v) is 4.24. The summed E-state index contributed by atoms with van der Waals surface area (Å²) in [5.74, 6) is -0.494. The maximum Gasteiger partial charge on any atom is 0.339 e. The molecule has 18 heavy (non-hydrogen) atoms. The van der Waals surface area contributed by atoms with Crippen molar-refractivity contribution in [2.45, 2.75) is 27.2 Å². The van der Waals surface area contributed by atoms with Crippen molar-refractivity contribution in [3.63, 3.8) is 0 Å². The van der Waals surface area contributed by atoms with Crippen LogP contribution in [0.15, 0.2) is 21.3 Å². The minimum absolute atomic E-state index is 0.0651. The van der Waals surface area contributed by atoms with Crippen LogP contribution in [-0.4, -0.2) is 10.9 Å². The van der Waals surface area contributed by atoms with Gasteiger partial charge in [0.15, 0.2) is 11.4 Å². The normalized spacial score (nSPS) is 10.8. The molecule has 0 spiro atoms. The van der Waals surface area contributed by atoms with Gasteiger partial charge in [-0.05, 0) is 38.0 Å². The zero-order chi connectivity index (χ0) is 13.4. The molecule has 1 N–H and O–H groups in total. The molecule has 2 aromatic rings. The Hall–Kier alpha value is -2.10. The van der Waals surface area contributed by atoms with E-state index < -0.39 is 5.63 Å². The van der Waals surface area contributed by atoms with E-state index in [9.17, 15) is 14.7 Å². The Morgan fingerprint density at radius 2 is 2.06 bits per heavy atom. The van der Waals surface area contributed by atoms with Gasteiger partial charge >= 0.3 is 5.63 Å². The number of hydrogen-bond acceptors (Lipinski definition) is 4. The van der Waals surface area contributed by atoms with Crippen molar-refractivity contribution in [2.24, 2.45) is 0 Å². The number of benzene rings is 1. The number of aromatic hydroxyl groups is 1. The van der Waals surface area contributed by atoms with Gasteiger partial charge in [-0.25, -0.2) is 4.79 Å². The zero-order valence-corrected chi connectivity index (χ0v) is 10.5. The van der Waals surface area contributed by atoms with Gasteiger partial charge in [0.05, 0.1) is 0 Å². The average molecular weight is 246 g/mol. The maximum absolute atomic E-state index is 11.8. The second kappa shape index (κ2) is 4.29. The molecule has 0 radical (unpaired) electrons. The molecule has 0 aliphatic rings. The Kier molecular flexibility index (Phi) is 2.95. The smallest absolute Gasteiger partial charge is 0.339 e. The molecule has 0 aliphatic heterocycles. The standard InChI is InChI=1S/C14H14O4/c1-4-9-7(2)10-5-6-11(16)12(8(3)15)13(10)18-14(9)17/h5-6,16H,4H2,1-3H3. The van der Waals surface area contributed by atoms with Crippen molar-refractivity contribution < 1.29 is 14.3 Å². The van der Waals surface area contributed by atoms with Gasteiger partial charge in [-0.3, -0.25) is 4.79 Å². The number of hydrogen-bond donors (Lipinski definition) is 1. The van der Waals surface area contributed by atoms with Crippen molar-refractivity contribution >= 4 is 16.8 Å². The highest BCUT2D eigenvalue weighted by atomic mass is 16.4. The monoisotopic (exact) mass is 246 g/mol. The summed E-state index contributed by atoms with van der Waals surface area (Å²) in [6.45, 7) is 5.02. The van der Waals surface area contributed by atoms with Crippen molar-refractivity contribution in [2.75, 3.05) is 0 Å². The Bertz CT molecular complexity index is 695. The summed E-state index contributed by atoms with van der Waals surface area (Å²) in [7, 11) is 0. The molecule has 4 nitrogen and oxygen atoms in total. The zero-order valence-electron chi connectivity index (χ0n) is 10.5. The molecule has 0 bridgehead atoms. The first kappa shape index (κ1) is 12.4. The van der Waals surface area contributed by atoms with Crippen LogP contribution in [0.25, 0.3) is 11.0 Å². The fraction of sp³-hybridized carbons (Fsp3) is 0.286. The summed E-state index contributed by atoms with van der Waals surface area (Å²) in [5, 5.41) is 10.4. The predicted molar refractivity (Wildman–Crippen MR) is 68.3 cm³/mol. The van der Waals surface area contributed by atoms with Crippen molar-refractivity contribution in [1.29, 1.82) is 0 Å². The summed E-state index contributed by atoms with van der Waals surface area (Å²) in [5.41, 5.74) is 1.18. The lowest BCUT2D eigenvalue weighted by Crippen LogP contribution is -2.10. The van der Waals surface area contributed by atoms with E-state index in [0.717, 1.165) is 5.56 Å². The molecular weight excluding hydrogens is 232 g/mol. The van der Waals surface area contributed by atoms with E-state index in [-0.39, 0.29) is 22.7 Å². The summed E-state index contributed by atoms with van der Waals surface area (Å²) in [6.07, 6.45) is 0.570. The Balaban J connectivity index is 3.01. The van der Waals surface area contributed by atoms with Crippen LogP contribution in [0.5, 0.6) is 5.75 Å². The molecular formula is C14H14O4. The van der Waals surface area contributed by atoms with Crippen molar-refractivity contribution in [3.05, 3.63) is 39.2 Å². The van der Waals surface area contributed by atoms with E-state index in [1.807, 2.05) is 13.8 Å². The lowest BCUT2D eigenvalue weighted by atomic mass is 10.00. The largest absolute Gasteiger partial charge is 0.507 e. The van der Waals surface area contributed by atoms with Gasteiger partial charge in [-0.2, -0.15) is 0 Å². The molecule has 0 aliphatic carbocycles. The number of Topliss-reactive ketones (excluding diaryl/α,β-unsaturated/α-hetero) is 1. The van der Waals surface area contributed by atoms with Crippen LogP contribution >= 0.6 is 0 Å². The number of fused-ring (bicyclic) bond motifs is 1. The number of ketones is 1. The van der Waals surface area contributed by atoms with Gasteiger partial charge in [0.25, 0.3) is 0 Å². The van der Waals surface area contributed by atoms with Gasteiger partial charge in [0.2, 0.25) is 0 Å². The first-order valence-electron chi connectivity index (χ1n) is 5.76. The van der Waals surface area contributed by atoms with Gasteiger partial charge in [-0.1, -0.05) is 6.92 Å². The van der Waals surface area contributed by atoms with Crippen molar-refractivity contribution in [1.82, 2.24) is 0 Å². The van der Waals surface area contributed by atoms with E-state index in [1.54, 1.807) is 6.07 Å². The highest BCUT2D eigenvalue weighted by molar-refractivity contribution is 6.07. The lowest BCUT2D eigenvalue weighted by Gasteiger charge is -2.09. The lowest BCUT2D eigenvalue weighted by molar-refractivity contribution is 0.101. The molecule has 1 aromatic heterocycles. The minimum Gasteiger partial charge on any atom is -0.507 e. The second-order valence-electron chi connectivity index (χ2n) is 4.24. The third kappa shape index (κ3) is 1.70. The highest BCUT2D eigenvalue weighted by Crippen LogP contribution is 2.29. The summed E-state index contributed by atoms with van der Waals surface area (Å²) >= 11 is 0. The number of aryl methyl sites for hydroxylation is 1. The van der Waals surface area contributed by atoms with E-state index in [2.05, 4.69) is 0 Å². The van der Waals surface area contributed by atoms with Crippen LogP contribution in [0.1, 0.15) is 35.3 Å². The molecule has 1 heterocycles. The number of carbonyl (C=O) groups excluding carboxylic acids is 1. The molecule has 0 unspecified atom stereocenters. The third-order valence-corrected chi connectivity index (χ3v) is 3.14. The predicted octanol–water partition coefficient (Wildman–Crippen LogP) is 2.57. The van der Waals surface area contributed by atoms with Crippen LogP contribution in [-0.2, 0) is 6.42 Å². The van der Waals surface area contributed by atoms with E-state index in [0.29, 0.717) is 17.4 Å². The first-order valence-corrected chi connectivity index (χ1v) is 5.76. The molecule has 4 heteroatoms. The van der Waals surface area contributed by atoms with Gasteiger partial charge < -0.3 is 9.52 Å². The quantitative estimate of drug-likeness (QED) is 0.653. The summed E-state index contributed by atoms with van der Waals surface area (Å²) < 4.78 is 5.20. The van der Waals surface area contributed by atoms with Crippen LogP contribution in [0, 0.1) is 6.92 Å². The van der Waals surface area contributed by atoms with E-state index in [4.69, 9.17) is 4.42 Å². The van der Waals surface area contributed by atoms with Gasteiger partial charge in [0, 0.05) is 10.9 Å². The molecule has 94 valence electrons. The fourth-order valence-corrected chi connectivity index (χ4v) is 2.19. The molecule has 0 fully saturated rings. The first-order chi connectivity index (χ1) is 8.47. The Morgan fingerprint density at radius 3 is 2.61 bits per heavy atom. The minimum atomic E-state index is -0.449. The Morgan fingerprint density at radius 1 is 1.39 bits per heavy atom. The highest BCUT2D eigenvalue weighted by Gasteiger charge is 2.18. The number of rotatable bonds is 2. The number of carbonyl (C=O) groups is 1. The maximum atomic E-state index is 11.8. The fourth-order valence-electron chi connectivity index (χ4n) is 2.19. The number of phenolic OH excluding ortho intramolecular Hbond substituents is 1. The Labute approximate surface area is 104 Å². The van der Waals surface area contributed by atoms with Crippen molar-refractivity contribution in [3.8, 4) is 5.75 Å². The molecule has 0 atom stereocenters. The van der Waals surface area contributed by atoms with Crippen LogP contribution < -0.4 is 5.63 Å². The summed E-state index contributed by atoms with van der Waals surface area (Å²) in [6, 6.07) is 3.11. The molecule has 0 saturated heterocycles. The van der Waals surface area contributed by atoms with Crippen LogP contribution in [0.3, 0.4) is 0 Å². The van der Waals surface area contributed by atoms with E-state index >= 15 is 0 Å². The van der Waals surface area contributed by atoms with Gasteiger partial charge in [-0.15, -0.1) is 0 Å². The van der Waals surface area contributed by atoms with Crippen LogP contribution in [0.2, 0.25) is 0 Å². The molecule has 0 amide bonds. The van der Waals surface area contributed by atoms with Crippen LogP contribution in [0.4, 0.5) is 0 Å². The average Bonchev–Trinajstić information content (AvgIpc) is 2.28. The molecule has 1 aromatic carbocycles. The molecule has 0 saturated carbocycles. The van der Waals surface area contributed by atoms with E-state index in [1.165, 1.54) is 13.0 Å². The molecule has 2 rings (SSSR count). The topological polar surface area (TPSA) is 67.5 Å². The van der Waals surface area contributed by atoms with Gasteiger partial charge in [0.1, 0.15) is 11.3 Å². The SMILES string of the molecule is CCc1c(C)c2ccc(O)c(C(C)=O)c2oc1=O. The number of phenols is 1. The third-order valence-electron chi connectivity index (χ3n) is 3.14.